The quantitative estimate of drug-likeness (QED) is 0.335. The monoisotopic (exact) mass is 518 g/mol. The van der Waals surface area contributed by atoms with Crippen LogP contribution in [0.4, 0.5) is 11.4 Å². The summed E-state index contributed by atoms with van der Waals surface area (Å²) >= 11 is 1.23. The second kappa shape index (κ2) is 11.1. The number of anilines is 2. The summed E-state index contributed by atoms with van der Waals surface area (Å²) in [5, 5.41) is 11.3. The lowest BCUT2D eigenvalue weighted by atomic mass is 10.1. The molecule has 0 bridgehead atoms. The van der Waals surface area contributed by atoms with Gasteiger partial charge in [0.05, 0.1) is 34.2 Å². The molecule has 0 spiro atoms. The number of thioether (sulfide) groups is 1. The minimum Gasteiger partial charge on any atom is -0.478 e. The van der Waals surface area contributed by atoms with Crippen LogP contribution in [0.3, 0.4) is 0 Å². The molecule has 10 heteroatoms. The average molecular weight is 519 g/mol. The number of rotatable bonds is 8. The van der Waals surface area contributed by atoms with Crippen LogP contribution < -0.4 is 10.2 Å². The lowest BCUT2D eigenvalue weighted by Crippen LogP contribution is -2.31. The number of imide groups is 1. The summed E-state index contributed by atoms with van der Waals surface area (Å²) in [4.78, 5) is 63.2. The van der Waals surface area contributed by atoms with E-state index in [1.807, 2.05) is 0 Å². The van der Waals surface area contributed by atoms with Crippen LogP contribution in [-0.2, 0) is 14.3 Å². The van der Waals surface area contributed by atoms with Crippen LogP contribution in [0.25, 0.3) is 0 Å². The van der Waals surface area contributed by atoms with Gasteiger partial charge < -0.3 is 15.2 Å². The predicted molar refractivity (Wildman–Crippen MR) is 137 cm³/mol. The highest BCUT2D eigenvalue weighted by Gasteiger charge is 2.40. The van der Waals surface area contributed by atoms with Gasteiger partial charge in [-0.3, -0.25) is 14.4 Å². The normalized spacial score (nSPS) is 14.9. The highest BCUT2D eigenvalue weighted by molar-refractivity contribution is 8.00. The molecule has 0 aromatic heterocycles. The lowest BCUT2D eigenvalue weighted by molar-refractivity contribution is -0.121. The first-order chi connectivity index (χ1) is 17.8. The van der Waals surface area contributed by atoms with Crippen molar-refractivity contribution in [2.75, 3.05) is 16.8 Å². The molecule has 3 aromatic carbocycles. The van der Waals surface area contributed by atoms with Crippen molar-refractivity contribution in [2.24, 2.45) is 0 Å². The highest BCUT2D eigenvalue weighted by Crippen LogP contribution is 2.34. The summed E-state index contributed by atoms with van der Waals surface area (Å²) in [5.74, 6) is -2.93. The first-order valence-electron chi connectivity index (χ1n) is 11.3. The zero-order valence-corrected chi connectivity index (χ0v) is 20.5. The number of hydrogen-bond donors (Lipinski definition) is 2. The zero-order valence-electron chi connectivity index (χ0n) is 19.7. The topological polar surface area (TPSA) is 130 Å². The molecule has 3 amide bonds. The second-order valence-electron chi connectivity index (χ2n) is 7.97. The largest absolute Gasteiger partial charge is 0.478 e. The number of nitrogens with one attached hydrogen (secondary N) is 1. The first-order valence-corrected chi connectivity index (χ1v) is 12.2. The molecular formula is C27H22N2O7S. The number of carboxylic acids is 1. The number of nitrogens with zero attached hydrogens (tertiary/aromatic N) is 1. The van der Waals surface area contributed by atoms with E-state index in [-0.39, 0.29) is 36.0 Å². The Bertz CT molecular complexity index is 1370. The van der Waals surface area contributed by atoms with Crippen LogP contribution in [0.15, 0.2) is 77.7 Å². The van der Waals surface area contributed by atoms with E-state index in [2.05, 4.69) is 5.32 Å². The van der Waals surface area contributed by atoms with Gasteiger partial charge in [-0.25, -0.2) is 14.5 Å². The van der Waals surface area contributed by atoms with E-state index >= 15 is 0 Å². The van der Waals surface area contributed by atoms with Crippen LogP contribution in [0.2, 0.25) is 0 Å². The summed E-state index contributed by atoms with van der Waals surface area (Å²) in [5.41, 5.74) is 1.10. The van der Waals surface area contributed by atoms with E-state index in [0.717, 1.165) is 9.80 Å². The van der Waals surface area contributed by atoms with E-state index in [4.69, 9.17) is 4.74 Å². The number of carbonyl (C=O) groups excluding carboxylic acids is 4. The van der Waals surface area contributed by atoms with Gasteiger partial charge in [-0.2, -0.15) is 0 Å². The highest BCUT2D eigenvalue weighted by atomic mass is 32.2. The molecule has 1 unspecified atom stereocenters. The number of carbonyl (C=O) groups is 5. The van der Waals surface area contributed by atoms with E-state index in [1.165, 1.54) is 48.2 Å². The third kappa shape index (κ3) is 5.70. The Morgan fingerprint density at radius 3 is 2.24 bits per heavy atom. The molecule has 0 aliphatic carbocycles. The van der Waals surface area contributed by atoms with Crippen molar-refractivity contribution in [1.29, 1.82) is 0 Å². The zero-order chi connectivity index (χ0) is 26.5. The number of esters is 1. The maximum Gasteiger partial charge on any atom is 0.338 e. The summed E-state index contributed by atoms with van der Waals surface area (Å²) in [6.45, 7) is 1.95. The Morgan fingerprint density at radius 1 is 0.973 bits per heavy atom. The molecular weight excluding hydrogens is 496 g/mol. The summed E-state index contributed by atoms with van der Waals surface area (Å²) in [6.07, 6.45) is 0.0214. The average Bonchev–Trinajstić information content (AvgIpc) is 3.17. The Balaban J connectivity index is 1.40. The van der Waals surface area contributed by atoms with Crippen LogP contribution in [0, 0.1) is 0 Å². The van der Waals surface area contributed by atoms with Crippen LogP contribution in [0.1, 0.15) is 44.4 Å². The number of amides is 3. The standard InChI is InChI=1S/C27H22N2O7S/c1-2-36-27(35)16-7-11-18(12-8-16)29-23(30)15-22(25(29)32)37-19-13-9-17(10-14-19)28-24(31)20-5-3-4-6-21(20)26(33)34/h3-14,22H,2,15H2,1H3,(H,28,31)(H,33,34). The van der Waals surface area contributed by atoms with E-state index in [0.29, 0.717) is 16.9 Å². The van der Waals surface area contributed by atoms with Crippen molar-refractivity contribution >= 4 is 52.8 Å². The fourth-order valence-electron chi connectivity index (χ4n) is 3.78. The molecule has 1 aliphatic heterocycles. The smallest absolute Gasteiger partial charge is 0.338 e. The molecule has 188 valence electrons. The maximum absolute atomic E-state index is 13.0. The van der Waals surface area contributed by atoms with Crippen molar-refractivity contribution < 1.29 is 33.8 Å². The van der Waals surface area contributed by atoms with Crippen molar-refractivity contribution in [3.63, 3.8) is 0 Å². The fourth-order valence-corrected chi connectivity index (χ4v) is 4.83. The summed E-state index contributed by atoms with van der Waals surface area (Å²) in [7, 11) is 0. The SMILES string of the molecule is CCOC(=O)c1ccc(N2C(=O)CC(Sc3ccc(NC(=O)c4ccccc4C(=O)O)cc3)C2=O)cc1. The molecule has 0 radical (unpaired) electrons. The van der Waals surface area contributed by atoms with Crippen LogP contribution in [0.5, 0.6) is 0 Å². The van der Waals surface area contributed by atoms with E-state index in [1.54, 1.807) is 43.3 Å². The molecule has 0 saturated carbocycles. The molecule has 4 rings (SSSR count). The molecule has 1 fully saturated rings. The van der Waals surface area contributed by atoms with Crippen molar-refractivity contribution in [3.05, 3.63) is 89.5 Å². The Hall–Kier alpha value is -4.44. The fraction of sp³-hybridized carbons (Fsp3) is 0.148. The second-order valence-corrected chi connectivity index (χ2v) is 9.25. The van der Waals surface area contributed by atoms with Gasteiger partial charge in [-0.15, -0.1) is 11.8 Å². The first kappa shape index (κ1) is 25.6. The Kier molecular flexibility index (Phi) is 7.69. The van der Waals surface area contributed by atoms with Crippen molar-refractivity contribution in [2.45, 2.75) is 23.5 Å². The van der Waals surface area contributed by atoms with Crippen LogP contribution >= 0.6 is 11.8 Å². The van der Waals surface area contributed by atoms with Crippen molar-refractivity contribution in [1.82, 2.24) is 0 Å². The van der Waals surface area contributed by atoms with Gasteiger partial charge in [0.1, 0.15) is 0 Å². The number of aromatic carboxylic acids is 1. The van der Waals surface area contributed by atoms with Gasteiger partial charge in [0.2, 0.25) is 11.8 Å². The van der Waals surface area contributed by atoms with Gasteiger partial charge in [0.15, 0.2) is 0 Å². The molecule has 1 aliphatic rings. The minimum atomic E-state index is -1.20. The number of hydrogen-bond acceptors (Lipinski definition) is 7. The van der Waals surface area contributed by atoms with Gasteiger partial charge in [0.25, 0.3) is 5.91 Å². The van der Waals surface area contributed by atoms with Crippen molar-refractivity contribution in [3.8, 4) is 0 Å². The van der Waals surface area contributed by atoms with E-state index in [9.17, 15) is 29.1 Å². The third-order valence-corrected chi connectivity index (χ3v) is 6.73. The molecule has 37 heavy (non-hydrogen) atoms. The summed E-state index contributed by atoms with van der Waals surface area (Å²) < 4.78 is 4.95. The minimum absolute atomic E-state index is 0.0214. The van der Waals surface area contributed by atoms with Gasteiger partial charge in [0, 0.05) is 17.0 Å². The van der Waals surface area contributed by atoms with E-state index < -0.39 is 23.1 Å². The number of benzene rings is 3. The molecule has 3 aromatic rings. The Labute approximate surface area is 216 Å². The van der Waals surface area contributed by atoms with Gasteiger partial charge in [-0.05, 0) is 67.6 Å². The molecule has 1 saturated heterocycles. The molecule has 9 nitrogen and oxygen atoms in total. The molecule has 1 atom stereocenters. The van der Waals surface area contributed by atoms with Gasteiger partial charge >= 0.3 is 11.9 Å². The third-order valence-electron chi connectivity index (χ3n) is 5.53. The maximum atomic E-state index is 13.0. The predicted octanol–water partition coefficient (Wildman–Crippen LogP) is 4.24. The Morgan fingerprint density at radius 2 is 1.62 bits per heavy atom. The summed E-state index contributed by atoms with van der Waals surface area (Å²) in [6, 6.07) is 18.7. The van der Waals surface area contributed by atoms with Crippen LogP contribution in [-0.4, -0.2) is 46.6 Å². The lowest BCUT2D eigenvalue weighted by Gasteiger charge is -2.15. The van der Waals surface area contributed by atoms with Gasteiger partial charge in [-0.1, -0.05) is 12.1 Å². The number of carboxylic acid groups (broad SMARTS) is 1. The number of ether oxygens (including phenoxy) is 1. The molecule has 2 N–H and O–H groups in total. The molecule has 1 heterocycles.